The van der Waals surface area contributed by atoms with Gasteiger partial charge < -0.3 is 14.4 Å². The van der Waals surface area contributed by atoms with Crippen LogP contribution in [0, 0.1) is 6.92 Å². The van der Waals surface area contributed by atoms with Crippen molar-refractivity contribution in [2.45, 2.75) is 25.9 Å². The van der Waals surface area contributed by atoms with Crippen LogP contribution in [0.4, 0.5) is 0 Å². The van der Waals surface area contributed by atoms with Gasteiger partial charge in [-0.2, -0.15) is 0 Å². The standard InChI is InChI=1S/C23H23NO5/c1-16-7-9-17(10-8-16)11-12-22(26)29-15-21(25)24-14-19-6-4-3-5-18(19)13-20(24)23(27)28-2/h3-12,20H,13-15H2,1-2H3/b12-11+/t20-/m1/s1. The molecule has 0 saturated carbocycles. The number of carbonyl (C=O) groups excluding carboxylic acids is 3. The molecule has 0 aliphatic carbocycles. The van der Waals surface area contributed by atoms with Crippen LogP contribution in [0.5, 0.6) is 0 Å². The number of aryl methyl sites for hydroxylation is 1. The number of carbonyl (C=O) groups is 3. The van der Waals surface area contributed by atoms with Crippen molar-refractivity contribution < 1.29 is 23.9 Å². The van der Waals surface area contributed by atoms with Gasteiger partial charge in [0.1, 0.15) is 6.04 Å². The number of fused-ring (bicyclic) bond motifs is 1. The molecule has 0 radical (unpaired) electrons. The minimum Gasteiger partial charge on any atom is -0.467 e. The van der Waals surface area contributed by atoms with Crippen LogP contribution in [0.1, 0.15) is 22.3 Å². The normalized spacial score (nSPS) is 15.7. The van der Waals surface area contributed by atoms with Crippen LogP contribution in [0.2, 0.25) is 0 Å². The van der Waals surface area contributed by atoms with Gasteiger partial charge in [-0.3, -0.25) is 4.79 Å². The summed E-state index contributed by atoms with van der Waals surface area (Å²) in [5.41, 5.74) is 3.95. The van der Waals surface area contributed by atoms with Gasteiger partial charge in [0, 0.05) is 19.0 Å². The Bertz CT molecular complexity index is 933. The zero-order chi connectivity index (χ0) is 20.8. The number of rotatable bonds is 5. The summed E-state index contributed by atoms with van der Waals surface area (Å²) < 4.78 is 9.94. The minimum atomic E-state index is -0.732. The van der Waals surface area contributed by atoms with Crippen LogP contribution < -0.4 is 0 Å². The Labute approximate surface area is 169 Å². The molecule has 29 heavy (non-hydrogen) atoms. The van der Waals surface area contributed by atoms with Gasteiger partial charge in [0.2, 0.25) is 0 Å². The highest BCUT2D eigenvalue weighted by Gasteiger charge is 2.35. The van der Waals surface area contributed by atoms with E-state index in [1.165, 1.54) is 18.1 Å². The lowest BCUT2D eigenvalue weighted by Gasteiger charge is -2.35. The Morgan fingerprint density at radius 2 is 1.76 bits per heavy atom. The van der Waals surface area contributed by atoms with Crippen molar-refractivity contribution in [2.75, 3.05) is 13.7 Å². The van der Waals surface area contributed by atoms with E-state index in [1.54, 1.807) is 6.08 Å². The molecule has 1 atom stereocenters. The maximum atomic E-state index is 12.7. The van der Waals surface area contributed by atoms with E-state index in [9.17, 15) is 14.4 Å². The first kappa shape index (κ1) is 20.3. The van der Waals surface area contributed by atoms with Crippen LogP contribution in [0.25, 0.3) is 6.08 Å². The Hall–Kier alpha value is -3.41. The van der Waals surface area contributed by atoms with E-state index in [4.69, 9.17) is 9.47 Å². The summed E-state index contributed by atoms with van der Waals surface area (Å²) in [5.74, 6) is -1.55. The molecule has 0 N–H and O–H groups in total. The molecule has 2 aromatic rings. The number of benzene rings is 2. The average Bonchev–Trinajstić information content (AvgIpc) is 2.75. The van der Waals surface area contributed by atoms with Crippen molar-refractivity contribution >= 4 is 23.9 Å². The summed E-state index contributed by atoms with van der Waals surface area (Å²) in [4.78, 5) is 38.2. The van der Waals surface area contributed by atoms with Crippen LogP contribution in [-0.2, 0) is 36.8 Å². The topological polar surface area (TPSA) is 72.9 Å². The molecule has 1 heterocycles. The van der Waals surface area contributed by atoms with E-state index in [0.717, 1.165) is 22.3 Å². The molecule has 6 nitrogen and oxygen atoms in total. The lowest BCUT2D eigenvalue weighted by Crippen LogP contribution is -2.50. The van der Waals surface area contributed by atoms with Gasteiger partial charge in [-0.25, -0.2) is 9.59 Å². The van der Waals surface area contributed by atoms with Crippen LogP contribution in [-0.4, -0.2) is 42.5 Å². The highest BCUT2D eigenvalue weighted by atomic mass is 16.5. The molecule has 150 valence electrons. The summed E-state index contributed by atoms with van der Waals surface area (Å²) in [5, 5.41) is 0. The lowest BCUT2D eigenvalue weighted by atomic mass is 9.94. The highest BCUT2D eigenvalue weighted by Crippen LogP contribution is 2.24. The number of methoxy groups -OCH3 is 1. The smallest absolute Gasteiger partial charge is 0.331 e. The van der Waals surface area contributed by atoms with E-state index < -0.39 is 30.5 Å². The quantitative estimate of drug-likeness (QED) is 0.577. The van der Waals surface area contributed by atoms with Gasteiger partial charge >= 0.3 is 11.9 Å². The first-order valence-electron chi connectivity index (χ1n) is 9.33. The number of amides is 1. The predicted octanol–water partition coefficient (Wildman–Crippen LogP) is 2.68. The van der Waals surface area contributed by atoms with Crippen molar-refractivity contribution in [2.24, 2.45) is 0 Å². The number of hydrogen-bond donors (Lipinski definition) is 0. The largest absolute Gasteiger partial charge is 0.467 e. The molecule has 1 aliphatic rings. The Balaban J connectivity index is 1.63. The Morgan fingerprint density at radius 3 is 2.45 bits per heavy atom. The van der Waals surface area contributed by atoms with E-state index >= 15 is 0 Å². The first-order valence-corrected chi connectivity index (χ1v) is 9.33. The van der Waals surface area contributed by atoms with Crippen molar-refractivity contribution in [3.8, 4) is 0 Å². The lowest BCUT2D eigenvalue weighted by molar-refractivity contribution is -0.158. The second-order valence-electron chi connectivity index (χ2n) is 6.89. The maximum absolute atomic E-state index is 12.7. The van der Waals surface area contributed by atoms with Gasteiger partial charge in [-0.15, -0.1) is 0 Å². The zero-order valence-electron chi connectivity index (χ0n) is 16.5. The molecule has 1 aliphatic heterocycles. The van der Waals surface area contributed by atoms with Crippen molar-refractivity contribution in [1.29, 1.82) is 0 Å². The van der Waals surface area contributed by atoms with Crippen molar-refractivity contribution in [3.63, 3.8) is 0 Å². The summed E-state index contributed by atoms with van der Waals surface area (Å²) in [7, 11) is 1.29. The molecule has 0 fully saturated rings. The van der Waals surface area contributed by atoms with Crippen molar-refractivity contribution in [1.82, 2.24) is 4.90 Å². The third-order valence-corrected chi connectivity index (χ3v) is 4.87. The fourth-order valence-corrected chi connectivity index (χ4v) is 3.24. The average molecular weight is 393 g/mol. The molecule has 0 bridgehead atoms. The van der Waals surface area contributed by atoms with E-state index in [-0.39, 0.29) is 6.54 Å². The van der Waals surface area contributed by atoms with Crippen LogP contribution >= 0.6 is 0 Å². The van der Waals surface area contributed by atoms with Gasteiger partial charge in [-0.1, -0.05) is 54.1 Å². The second kappa shape index (κ2) is 9.19. The van der Waals surface area contributed by atoms with Gasteiger partial charge in [0.25, 0.3) is 5.91 Å². The molecule has 2 aromatic carbocycles. The predicted molar refractivity (Wildman–Crippen MR) is 108 cm³/mol. The molecule has 0 spiro atoms. The van der Waals surface area contributed by atoms with Gasteiger partial charge in [0.05, 0.1) is 7.11 Å². The molecular weight excluding hydrogens is 370 g/mol. The summed E-state index contributed by atoms with van der Waals surface area (Å²) >= 11 is 0. The number of hydrogen-bond acceptors (Lipinski definition) is 5. The van der Waals surface area contributed by atoms with Gasteiger partial charge in [-0.05, 0) is 29.7 Å². The summed E-state index contributed by atoms with van der Waals surface area (Å²) in [6.07, 6.45) is 3.28. The monoisotopic (exact) mass is 393 g/mol. The molecule has 3 rings (SSSR count). The molecule has 1 amide bonds. The third-order valence-electron chi connectivity index (χ3n) is 4.87. The third kappa shape index (κ3) is 5.10. The SMILES string of the molecule is COC(=O)[C@H]1Cc2ccccc2CN1C(=O)COC(=O)/C=C/c1ccc(C)cc1. The zero-order valence-corrected chi connectivity index (χ0v) is 16.5. The van der Waals surface area contributed by atoms with E-state index in [1.807, 2.05) is 55.5 Å². The minimum absolute atomic E-state index is 0.269. The van der Waals surface area contributed by atoms with Crippen LogP contribution in [0.3, 0.4) is 0 Å². The molecule has 0 saturated heterocycles. The van der Waals surface area contributed by atoms with Crippen LogP contribution in [0.15, 0.2) is 54.6 Å². The Kier molecular flexibility index (Phi) is 6.44. The van der Waals surface area contributed by atoms with E-state index in [2.05, 4.69) is 0 Å². The number of ether oxygens (including phenoxy) is 2. The molecule has 0 unspecified atom stereocenters. The molecule has 6 heteroatoms. The summed E-state index contributed by atoms with van der Waals surface area (Å²) in [6, 6.07) is 14.5. The highest BCUT2D eigenvalue weighted by molar-refractivity contribution is 5.90. The first-order chi connectivity index (χ1) is 14.0. The number of esters is 2. The number of nitrogens with zero attached hydrogens (tertiary/aromatic N) is 1. The fourth-order valence-electron chi connectivity index (χ4n) is 3.24. The Morgan fingerprint density at radius 1 is 1.07 bits per heavy atom. The summed E-state index contributed by atoms with van der Waals surface area (Å²) in [6.45, 7) is 1.81. The molecular formula is C23H23NO5. The molecule has 0 aromatic heterocycles. The van der Waals surface area contributed by atoms with E-state index in [0.29, 0.717) is 6.42 Å². The second-order valence-corrected chi connectivity index (χ2v) is 6.89. The maximum Gasteiger partial charge on any atom is 0.331 e. The van der Waals surface area contributed by atoms with Gasteiger partial charge in [0.15, 0.2) is 6.61 Å². The fraction of sp³-hybridized carbons (Fsp3) is 0.261. The van der Waals surface area contributed by atoms with Crippen molar-refractivity contribution in [3.05, 3.63) is 76.9 Å².